The Labute approximate surface area is 107 Å². The predicted molar refractivity (Wildman–Crippen MR) is 64.7 cm³/mol. The molecule has 1 heterocycles. The molecular weight excluding hydrogens is 230 g/mol. The lowest BCUT2D eigenvalue weighted by molar-refractivity contribution is -0.138. The lowest BCUT2D eigenvalue weighted by Gasteiger charge is -2.39. The first-order valence-corrected chi connectivity index (χ1v) is 6.42. The summed E-state index contributed by atoms with van der Waals surface area (Å²) < 4.78 is 0. The number of rotatable bonds is 3. The molecule has 0 aromatic rings. The van der Waals surface area contributed by atoms with Crippen molar-refractivity contribution in [3.05, 3.63) is 6.42 Å². The van der Waals surface area contributed by atoms with E-state index in [0.29, 0.717) is 25.9 Å². The maximum atomic E-state index is 12.0. The molecular formula is C13H18N3O2. The van der Waals surface area contributed by atoms with Crippen LogP contribution in [0.15, 0.2) is 0 Å². The van der Waals surface area contributed by atoms with Gasteiger partial charge >= 0.3 is 0 Å². The molecule has 97 valence electrons. The van der Waals surface area contributed by atoms with Gasteiger partial charge in [0.05, 0.1) is 23.8 Å². The van der Waals surface area contributed by atoms with Crippen LogP contribution >= 0.6 is 0 Å². The van der Waals surface area contributed by atoms with E-state index in [1.165, 1.54) is 6.42 Å². The Hall–Kier alpha value is -1.57. The molecule has 1 saturated carbocycles. The molecule has 0 unspecified atom stereocenters. The molecule has 2 rings (SSSR count). The van der Waals surface area contributed by atoms with E-state index in [1.807, 2.05) is 0 Å². The molecule has 0 atom stereocenters. The van der Waals surface area contributed by atoms with E-state index in [-0.39, 0.29) is 11.8 Å². The number of nitriles is 1. The van der Waals surface area contributed by atoms with E-state index in [2.05, 4.69) is 6.07 Å². The Morgan fingerprint density at radius 3 is 2.39 bits per heavy atom. The molecule has 2 fully saturated rings. The maximum absolute atomic E-state index is 12.0. The predicted octanol–water partition coefficient (Wildman–Crippen LogP) is 0.608. The number of nitrogens with zero attached hydrogens (tertiary/aromatic N) is 2. The van der Waals surface area contributed by atoms with E-state index < -0.39 is 11.3 Å². The number of amides is 2. The van der Waals surface area contributed by atoms with Gasteiger partial charge in [0.1, 0.15) is 0 Å². The molecule has 1 aliphatic carbocycles. The number of likely N-dealkylation sites (tertiary alicyclic amines) is 1. The van der Waals surface area contributed by atoms with Gasteiger partial charge < -0.3 is 10.6 Å². The minimum absolute atomic E-state index is 0.0572. The number of nitrogens with two attached hydrogens (primary N) is 1. The summed E-state index contributed by atoms with van der Waals surface area (Å²) >= 11 is 0. The van der Waals surface area contributed by atoms with Gasteiger partial charge in [-0.3, -0.25) is 9.59 Å². The van der Waals surface area contributed by atoms with Gasteiger partial charge in [-0.2, -0.15) is 5.26 Å². The zero-order chi connectivity index (χ0) is 13.2. The SMILES string of the molecule is N#CC1CN(C(=O)[CH]C2(C(N)=O)CCCCC2)C1. The lowest BCUT2D eigenvalue weighted by atomic mass is 9.71. The molecule has 2 aliphatic rings. The zero-order valence-electron chi connectivity index (χ0n) is 10.4. The van der Waals surface area contributed by atoms with Gasteiger partial charge in [-0.25, -0.2) is 0 Å². The molecule has 2 amide bonds. The normalized spacial score (nSPS) is 22.9. The molecule has 18 heavy (non-hydrogen) atoms. The van der Waals surface area contributed by atoms with Crippen molar-refractivity contribution in [1.29, 1.82) is 5.26 Å². The van der Waals surface area contributed by atoms with E-state index >= 15 is 0 Å². The highest BCUT2D eigenvalue weighted by Crippen LogP contribution is 2.39. The number of carbonyl (C=O) groups is 2. The van der Waals surface area contributed by atoms with Crippen LogP contribution in [0.4, 0.5) is 0 Å². The summed E-state index contributed by atoms with van der Waals surface area (Å²) in [4.78, 5) is 25.3. The van der Waals surface area contributed by atoms with Gasteiger partial charge in [0.15, 0.2) is 0 Å². The lowest BCUT2D eigenvalue weighted by Crippen LogP contribution is -2.52. The van der Waals surface area contributed by atoms with Crippen LogP contribution in [0.1, 0.15) is 32.1 Å². The minimum atomic E-state index is -0.757. The van der Waals surface area contributed by atoms with Crippen LogP contribution in [-0.4, -0.2) is 29.8 Å². The third kappa shape index (κ3) is 2.33. The summed E-state index contributed by atoms with van der Waals surface area (Å²) in [5, 5.41) is 8.67. The molecule has 5 heteroatoms. The Balaban J connectivity index is 1.95. The first kappa shape index (κ1) is 12.9. The van der Waals surface area contributed by atoms with Crippen molar-refractivity contribution >= 4 is 11.8 Å². The molecule has 1 saturated heterocycles. The maximum Gasteiger partial charge on any atom is 0.227 e. The van der Waals surface area contributed by atoms with Crippen LogP contribution in [-0.2, 0) is 9.59 Å². The Morgan fingerprint density at radius 2 is 1.89 bits per heavy atom. The van der Waals surface area contributed by atoms with Crippen molar-refractivity contribution in [3.63, 3.8) is 0 Å². The van der Waals surface area contributed by atoms with Gasteiger partial charge in [0.25, 0.3) is 0 Å². The molecule has 2 N–H and O–H groups in total. The Morgan fingerprint density at radius 1 is 1.28 bits per heavy atom. The second kappa shape index (κ2) is 4.97. The summed E-state index contributed by atoms with van der Waals surface area (Å²) in [7, 11) is 0. The van der Waals surface area contributed by atoms with Crippen LogP contribution in [0, 0.1) is 29.1 Å². The van der Waals surface area contributed by atoms with Gasteiger partial charge in [-0.15, -0.1) is 0 Å². The van der Waals surface area contributed by atoms with Crippen molar-refractivity contribution in [3.8, 4) is 6.07 Å². The molecule has 0 aromatic heterocycles. The second-order valence-corrected chi connectivity index (χ2v) is 5.29. The molecule has 1 aliphatic heterocycles. The Bertz CT molecular complexity index is 388. The quantitative estimate of drug-likeness (QED) is 0.793. The zero-order valence-corrected chi connectivity index (χ0v) is 10.4. The standard InChI is InChI=1S/C13H18N3O2/c14-7-10-8-16(9-10)11(17)6-13(12(15)18)4-2-1-3-5-13/h6,10H,1-5,8-9H2,(H2,15,18). The van der Waals surface area contributed by atoms with Crippen LogP contribution in [0.5, 0.6) is 0 Å². The number of hydrogen-bond donors (Lipinski definition) is 1. The number of carbonyl (C=O) groups excluding carboxylic acids is 2. The van der Waals surface area contributed by atoms with Crippen LogP contribution in [0.2, 0.25) is 0 Å². The van der Waals surface area contributed by atoms with Crippen molar-refractivity contribution in [2.75, 3.05) is 13.1 Å². The van der Waals surface area contributed by atoms with E-state index in [1.54, 1.807) is 4.90 Å². The third-order valence-electron chi connectivity index (χ3n) is 4.01. The molecule has 5 nitrogen and oxygen atoms in total. The number of hydrogen-bond acceptors (Lipinski definition) is 3. The summed E-state index contributed by atoms with van der Waals surface area (Å²) in [6, 6.07) is 2.12. The summed E-state index contributed by atoms with van der Waals surface area (Å²) in [6.07, 6.45) is 5.81. The van der Waals surface area contributed by atoms with Crippen LogP contribution < -0.4 is 5.73 Å². The minimum Gasteiger partial charge on any atom is -0.369 e. The highest BCUT2D eigenvalue weighted by atomic mass is 16.2. The average molecular weight is 248 g/mol. The second-order valence-electron chi connectivity index (χ2n) is 5.29. The molecule has 0 bridgehead atoms. The number of primary amides is 1. The largest absolute Gasteiger partial charge is 0.369 e. The van der Waals surface area contributed by atoms with Crippen LogP contribution in [0.3, 0.4) is 0 Å². The fourth-order valence-electron chi connectivity index (χ4n) is 2.71. The van der Waals surface area contributed by atoms with E-state index in [0.717, 1.165) is 19.3 Å². The van der Waals surface area contributed by atoms with Gasteiger partial charge in [0, 0.05) is 13.1 Å². The van der Waals surface area contributed by atoms with Crippen LogP contribution in [0.25, 0.3) is 0 Å². The van der Waals surface area contributed by atoms with Crippen molar-refractivity contribution < 1.29 is 9.59 Å². The fraction of sp³-hybridized carbons (Fsp3) is 0.692. The summed E-state index contributed by atoms with van der Waals surface area (Å²) in [5.74, 6) is -0.603. The summed E-state index contributed by atoms with van der Waals surface area (Å²) in [5.41, 5.74) is 4.71. The third-order valence-corrected chi connectivity index (χ3v) is 4.01. The average Bonchev–Trinajstić information content (AvgIpc) is 2.28. The molecule has 0 aromatic carbocycles. The van der Waals surface area contributed by atoms with Crippen molar-refractivity contribution in [2.45, 2.75) is 32.1 Å². The van der Waals surface area contributed by atoms with Crippen molar-refractivity contribution in [2.24, 2.45) is 17.1 Å². The van der Waals surface area contributed by atoms with Gasteiger partial charge in [-0.05, 0) is 12.8 Å². The fourth-order valence-corrected chi connectivity index (χ4v) is 2.71. The Kier molecular flexibility index (Phi) is 3.55. The molecule has 0 spiro atoms. The first-order chi connectivity index (χ1) is 8.57. The highest BCUT2D eigenvalue weighted by Gasteiger charge is 2.42. The van der Waals surface area contributed by atoms with Gasteiger partial charge in [0.2, 0.25) is 11.8 Å². The highest BCUT2D eigenvalue weighted by molar-refractivity contribution is 5.95. The smallest absolute Gasteiger partial charge is 0.227 e. The summed E-state index contributed by atoms with van der Waals surface area (Å²) in [6.45, 7) is 0.946. The first-order valence-electron chi connectivity index (χ1n) is 6.42. The van der Waals surface area contributed by atoms with Gasteiger partial charge in [-0.1, -0.05) is 19.3 Å². The molecule has 1 radical (unpaired) electrons. The monoisotopic (exact) mass is 248 g/mol. The van der Waals surface area contributed by atoms with E-state index in [4.69, 9.17) is 11.0 Å². The van der Waals surface area contributed by atoms with Crippen molar-refractivity contribution in [1.82, 2.24) is 4.90 Å². The van der Waals surface area contributed by atoms with E-state index in [9.17, 15) is 9.59 Å². The topological polar surface area (TPSA) is 87.2 Å².